The average Bonchev–Trinajstić information content (AvgIpc) is 2.17. The van der Waals surface area contributed by atoms with Gasteiger partial charge in [-0.25, -0.2) is 14.8 Å². The zero-order valence-electron chi connectivity index (χ0n) is 7.47. The van der Waals surface area contributed by atoms with Crippen molar-refractivity contribution in [1.82, 2.24) is 9.97 Å². The van der Waals surface area contributed by atoms with E-state index in [1.807, 2.05) is 0 Å². The summed E-state index contributed by atoms with van der Waals surface area (Å²) in [4.78, 5) is 18.3. The van der Waals surface area contributed by atoms with Crippen molar-refractivity contribution in [2.75, 3.05) is 7.11 Å². The maximum Gasteiger partial charge on any atom is 0.376 e. The average molecular weight is 240 g/mol. The van der Waals surface area contributed by atoms with Gasteiger partial charge in [0.25, 0.3) is 0 Å². The van der Waals surface area contributed by atoms with E-state index < -0.39 is 5.97 Å². The molecule has 0 radical (unpaired) electrons. The standard InChI is InChI=1S/C7H9N3O2.2ClH/c1-12-7(11)6-9-3-5(2-8)4-10-6;;/h3-4H,2,8H2,1H3;2*1H. The SMILES string of the molecule is COC(=O)c1ncc(CN)cn1.Cl.Cl. The van der Waals surface area contributed by atoms with Crippen LogP contribution in [-0.4, -0.2) is 23.0 Å². The number of ether oxygens (including phenoxy) is 1. The molecule has 5 nitrogen and oxygen atoms in total. The van der Waals surface area contributed by atoms with Gasteiger partial charge in [0, 0.05) is 24.5 Å². The number of methoxy groups -OCH3 is 1. The Morgan fingerprint density at radius 1 is 1.43 bits per heavy atom. The number of halogens is 2. The third-order valence-electron chi connectivity index (χ3n) is 1.31. The van der Waals surface area contributed by atoms with Gasteiger partial charge in [0.15, 0.2) is 0 Å². The summed E-state index contributed by atoms with van der Waals surface area (Å²) in [6, 6.07) is 0. The lowest BCUT2D eigenvalue weighted by atomic mass is 10.3. The quantitative estimate of drug-likeness (QED) is 0.764. The molecule has 0 aromatic carbocycles. The molecule has 0 unspecified atom stereocenters. The molecule has 0 atom stereocenters. The van der Waals surface area contributed by atoms with Crippen LogP contribution in [0.25, 0.3) is 0 Å². The third-order valence-corrected chi connectivity index (χ3v) is 1.31. The van der Waals surface area contributed by atoms with Crippen LogP contribution in [0, 0.1) is 0 Å². The Morgan fingerprint density at radius 2 is 1.93 bits per heavy atom. The monoisotopic (exact) mass is 239 g/mol. The fourth-order valence-electron chi connectivity index (χ4n) is 0.657. The molecule has 0 spiro atoms. The molecule has 0 bridgehead atoms. The Hall–Kier alpha value is -0.910. The predicted molar refractivity (Wildman–Crippen MR) is 55.8 cm³/mol. The van der Waals surface area contributed by atoms with E-state index in [9.17, 15) is 4.79 Å². The highest BCUT2D eigenvalue weighted by Crippen LogP contribution is 1.95. The zero-order valence-corrected chi connectivity index (χ0v) is 9.10. The molecule has 0 aliphatic heterocycles. The largest absolute Gasteiger partial charge is 0.463 e. The van der Waals surface area contributed by atoms with Crippen molar-refractivity contribution < 1.29 is 9.53 Å². The van der Waals surface area contributed by atoms with Crippen LogP contribution in [0.4, 0.5) is 0 Å². The van der Waals surface area contributed by atoms with E-state index in [0.29, 0.717) is 6.54 Å². The Kier molecular flexibility index (Phi) is 8.32. The van der Waals surface area contributed by atoms with Crippen molar-refractivity contribution in [1.29, 1.82) is 0 Å². The van der Waals surface area contributed by atoms with Crippen molar-refractivity contribution in [3.63, 3.8) is 0 Å². The Labute approximate surface area is 93.9 Å². The van der Waals surface area contributed by atoms with Crippen LogP contribution in [0.1, 0.15) is 16.2 Å². The van der Waals surface area contributed by atoms with E-state index >= 15 is 0 Å². The van der Waals surface area contributed by atoms with Crippen LogP contribution in [0.3, 0.4) is 0 Å². The number of rotatable bonds is 2. The molecular formula is C7H11Cl2N3O2. The van der Waals surface area contributed by atoms with E-state index in [0.717, 1.165) is 5.56 Å². The number of esters is 1. The molecule has 0 aliphatic rings. The highest BCUT2D eigenvalue weighted by atomic mass is 35.5. The van der Waals surface area contributed by atoms with E-state index in [-0.39, 0.29) is 30.6 Å². The van der Waals surface area contributed by atoms with E-state index in [2.05, 4.69) is 14.7 Å². The summed E-state index contributed by atoms with van der Waals surface area (Å²) in [5, 5.41) is 0. The summed E-state index contributed by atoms with van der Waals surface area (Å²) in [7, 11) is 1.28. The number of carbonyl (C=O) groups excluding carboxylic acids is 1. The minimum atomic E-state index is -0.543. The van der Waals surface area contributed by atoms with E-state index in [1.54, 1.807) is 0 Å². The summed E-state index contributed by atoms with van der Waals surface area (Å²) in [6.07, 6.45) is 3.00. The van der Waals surface area contributed by atoms with Gasteiger partial charge in [-0.3, -0.25) is 0 Å². The van der Waals surface area contributed by atoms with E-state index in [1.165, 1.54) is 19.5 Å². The number of nitrogens with two attached hydrogens (primary N) is 1. The first-order valence-corrected chi connectivity index (χ1v) is 3.37. The number of aromatic nitrogens is 2. The molecule has 0 aliphatic carbocycles. The fraction of sp³-hybridized carbons (Fsp3) is 0.286. The molecule has 2 N–H and O–H groups in total. The third kappa shape index (κ3) is 3.87. The molecule has 80 valence electrons. The van der Waals surface area contributed by atoms with Crippen LogP contribution in [0.5, 0.6) is 0 Å². The second-order valence-corrected chi connectivity index (χ2v) is 2.11. The molecular weight excluding hydrogens is 229 g/mol. The van der Waals surface area contributed by atoms with Crippen molar-refractivity contribution in [3.8, 4) is 0 Å². The summed E-state index contributed by atoms with van der Waals surface area (Å²) >= 11 is 0. The van der Waals surface area contributed by atoms with Gasteiger partial charge in [-0.1, -0.05) is 0 Å². The van der Waals surface area contributed by atoms with Gasteiger partial charge in [0.05, 0.1) is 7.11 Å². The van der Waals surface area contributed by atoms with Crippen LogP contribution in [0.15, 0.2) is 12.4 Å². The van der Waals surface area contributed by atoms with Crippen molar-refractivity contribution in [2.45, 2.75) is 6.54 Å². The minimum Gasteiger partial charge on any atom is -0.463 e. The molecule has 1 rings (SSSR count). The molecule has 0 fully saturated rings. The lowest BCUT2D eigenvalue weighted by Crippen LogP contribution is -2.08. The second kappa shape index (κ2) is 7.49. The van der Waals surface area contributed by atoms with Gasteiger partial charge >= 0.3 is 5.97 Å². The lowest BCUT2D eigenvalue weighted by molar-refractivity contribution is 0.0586. The molecule has 0 saturated heterocycles. The number of nitrogens with zero attached hydrogens (tertiary/aromatic N) is 2. The Bertz CT molecular complexity index is 279. The predicted octanol–water partition coefficient (Wildman–Crippen LogP) is 0.565. The van der Waals surface area contributed by atoms with Crippen LogP contribution >= 0.6 is 24.8 Å². The lowest BCUT2D eigenvalue weighted by Gasteiger charge is -1.97. The first-order valence-electron chi connectivity index (χ1n) is 3.37. The van der Waals surface area contributed by atoms with Crippen molar-refractivity contribution >= 4 is 30.8 Å². The van der Waals surface area contributed by atoms with Crippen LogP contribution in [-0.2, 0) is 11.3 Å². The molecule has 14 heavy (non-hydrogen) atoms. The first-order chi connectivity index (χ1) is 5.77. The smallest absolute Gasteiger partial charge is 0.376 e. The summed E-state index contributed by atoms with van der Waals surface area (Å²) in [5.74, 6) is -0.492. The van der Waals surface area contributed by atoms with E-state index in [4.69, 9.17) is 5.73 Å². The maximum atomic E-state index is 10.8. The highest BCUT2D eigenvalue weighted by Gasteiger charge is 2.07. The normalized spacial score (nSPS) is 8.14. The Balaban J connectivity index is 0. The molecule has 1 heterocycles. The van der Waals surface area contributed by atoms with Crippen molar-refractivity contribution in [2.24, 2.45) is 5.73 Å². The summed E-state index contributed by atoms with van der Waals surface area (Å²) in [5.41, 5.74) is 6.09. The van der Waals surface area contributed by atoms with Gasteiger partial charge < -0.3 is 10.5 Å². The van der Waals surface area contributed by atoms with Gasteiger partial charge in [0.2, 0.25) is 5.82 Å². The topological polar surface area (TPSA) is 78.1 Å². The van der Waals surface area contributed by atoms with Gasteiger partial charge in [-0.05, 0) is 0 Å². The van der Waals surface area contributed by atoms with Gasteiger partial charge in [-0.15, -0.1) is 24.8 Å². The first kappa shape index (κ1) is 15.6. The van der Waals surface area contributed by atoms with Gasteiger partial charge in [0.1, 0.15) is 0 Å². The minimum absolute atomic E-state index is 0. The molecule has 0 amide bonds. The summed E-state index contributed by atoms with van der Waals surface area (Å²) in [6.45, 7) is 0.363. The number of carbonyl (C=O) groups is 1. The van der Waals surface area contributed by atoms with Gasteiger partial charge in [-0.2, -0.15) is 0 Å². The highest BCUT2D eigenvalue weighted by molar-refractivity contribution is 5.85. The zero-order chi connectivity index (χ0) is 8.97. The van der Waals surface area contributed by atoms with Crippen molar-refractivity contribution in [3.05, 3.63) is 23.8 Å². The molecule has 1 aromatic heterocycles. The second-order valence-electron chi connectivity index (χ2n) is 2.11. The number of hydrogen-bond acceptors (Lipinski definition) is 5. The maximum absolute atomic E-state index is 10.8. The number of hydrogen-bond donors (Lipinski definition) is 1. The van der Waals surface area contributed by atoms with Crippen LogP contribution in [0.2, 0.25) is 0 Å². The Morgan fingerprint density at radius 3 is 2.29 bits per heavy atom. The summed E-state index contributed by atoms with van der Waals surface area (Å²) < 4.78 is 4.41. The molecule has 1 aromatic rings. The fourth-order valence-corrected chi connectivity index (χ4v) is 0.657. The molecule has 7 heteroatoms. The molecule has 0 saturated carbocycles. The van der Waals surface area contributed by atoms with Crippen LogP contribution < -0.4 is 5.73 Å².